The Labute approximate surface area is 89.0 Å². The first-order valence-electron chi connectivity index (χ1n) is 6.08. The van der Waals surface area contributed by atoms with E-state index >= 15 is 0 Å². The van der Waals surface area contributed by atoms with Crippen LogP contribution in [-0.2, 0) is 0 Å². The van der Waals surface area contributed by atoms with Crippen molar-refractivity contribution in [1.29, 1.82) is 0 Å². The Morgan fingerprint density at radius 2 is 2.07 bits per heavy atom. The summed E-state index contributed by atoms with van der Waals surface area (Å²) in [6.45, 7) is 9.44. The number of nitrogens with one attached hydrogen (secondary N) is 1. The molecule has 1 heteroatoms. The number of rotatable bonds is 4. The van der Waals surface area contributed by atoms with Crippen LogP contribution in [0.4, 0.5) is 0 Å². The van der Waals surface area contributed by atoms with E-state index in [1.54, 1.807) is 0 Å². The molecule has 1 saturated carbocycles. The first-order valence-corrected chi connectivity index (χ1v) is 6.08. The summed E-state index contributed by atoms with van der Waals surface area (Å²) in [7, 11) is 0. The molecule has 1 aliphatic carbocycles. The van der Waals surface area contributed by atoms with E-state index in [0.29, 0.717) is 0 Å². The van der Waals surface area contributed by atoms with Gasteiger partial charge in [-0.15, -0.1) is 6.58 Å². The molecule has 0 radical (unpaired) electrons. The molecule has 82 valence electrons. The van der Waals surface area contributed by atoms with E-state index in [1.807, 2.05) is 6.08 Å². The van der Waals surface area contributed by atoms with Crippen molar-refractivity contribution in [2.75, 3.05) is 6.54 Å². The Bertz CT molecular complexity index is 163. The minimum absolute atomic E-state index is 0.747. The number of hydrogen-bond acceptors (Lipinski definition) is 1. The van der Waals surface area contributed by atoms with E-state index in [0.717, 1.165) is 24.4 Å². The van der Waals surface area contributed by atoms with Crippen LogP contribution in [0.5, 0.6) is 0 Å². The molecule has 0 aliphatic heterocycles. The predicted octanol–water partition coefficient (Wildman–Crippen LogP) is 3.37. The Hall–Kier alpha value is -0.300. The first kappa shape index (κ1) is 11.8. The van der Waals surface area contributed by atoms with Crippen molar-refractivity contribution in [1.82, 2.24) is 5.32 Å². The minimum Gasteiger partial charge on any atom is -0.311 e. The molecule has 0 aromatic heterocycles. The van der Waals surface area contributed by atoms with Crippen LogP contribution in [0, 0.1) is 11.8 Å². The third-order valence-electron chi connectivity index (χ3n) is 3.51. The lowest BCUT2D eigenvalue weighted by Crippen LogP contribution is -2.28. The summed E-state index contributed by atoms with van der Waals surface area (Å²) >= 11 is 0. The zero-order chi connectivity index (χ0) is 10.4. The molecule has 0 heterocycles. The molecule has 1 fully saturated rings. The van der Waals surface area contributed by atoms with Crippen LogP contribution in [0.2, 0.25) is 0 Å². The van der Waals surface area contributed by atoms with Gasteiger partial charge in [-0.1, -0.05) is 32.8 Å². The second kappa shape index (κ2) is 6.23. The Morgan fingerprint density at radius 3 is 2.71 bits per heavy atom. The third-order valence-corrected chi connectivity index (χ3v) is 3.51. The summed E-state index contributed by atoms with van der Waals surface area (Å²) in [5.74, 6) is 1.83. The summed E-state index contributed by atoms with van der Waals surface area (Å²) in [6.07, 6.45) is 8.92. The highest BCUT2D eigenvalue weighted by Gasteiger charge is 2.20. The highest BCUT2D eigenvalue weighted by atomic mass is 14.9. The maximum atomic E-state index is 3.75. The molecule has 0 amide bonds. The topological polar surface area (TPSA) is 12.0 Å². The maximum Gasteiger partial charge on any atom is 0.0134 e. The van der Waals surface area contributed by atoms with Crippen molar-refractivity contribution in [2.45, 2.75) is 52.0 Å². The Morgan fingerprint density at radius 1 is 1.29 bits per heavy atom. The van der Waals surface area contributed by atoms with Gasteiger partial charge in [-0.2, -0.15) is 0 Å². The van der Waals surface area contributed by atoms with Crippen LogP contribution in [0.3, 0.4) is 0 Å². The monoisotopic (exact) mass is 195 g/mol. The van der Waals surface area contributed by atoms with Crippen molar-refractivity contribution < 1.29 is 0 Å². The molecular formula is C13H25N. The molecule has 0 aromatic carbocycles. The van der Waals surface area contributed by atoms with Crippen LogP contribution in [0.25, 0.3) is 0 Å². The summed E-state index contributed by atoms with van der Waals surface area (Å²) in [5.41, 5.74) is 0. The van der Waals surface area contributed by atoms with E-state index in [-0.39, 0.29) is 0 Å². The zero-order valence-electron chi connectivity index (χ0n) is 9.76. The lowest BCUT2D eigenvalue weighted by molar-refractivity contribution is 0.338. The van der Waals surface area contributed by atoms with E-state index in [9.17, 15) is 0 Å². The van der Waals surface area contributed by atoms with Crippen molar-refractivity contribution >= 4 is 0 Å². The second-order valence-corrected chi connectivity index (χ2v) is 4.91. The van der Waals surface area contributed by atoms with Gasteiger partial charge in [0.25, 0.3) is 0 Å². The minimum atomic E-state index is 0.747. The molecule has 1 rings (SSSR count). The fourth-order valence-corrected chi connectivity index (χ4v) is 2.45. The molecule has 0 saturated heterocycles. The quantitative estimate of drug-likeness (QED) is 0.536. The first-order chi connectivity index (χ1) is 6.74. The molecule has 14 heavy (non-hydrogen) atoms. The highest BCUT2D eigenvalue weighted by molar-refractivity contribution is 4.79. The van der Waals surface area contributed by atoms with E-state index < -0.39 is 0 Å². The molecular weight excluding hydrogens is 170 g/mol. The van der Waals surface area contributed by atoms with Crippen LogP contribution in [0.15, 0.2) is 12.7 Å². The van der Waals surface area contributed by atoms with Gasteiger partial charge >= 0.3 is 0 Å². The normalized spacial score (nSPS) is 28.8. The van der Waals surface area contributed by atoms with Gasteiger partial charge < -0.3 is 5.32 Å². The fourth-order valence-electron chi connectivity index (χ4n) is 2.45. The average molecular weight is 195 g/mol. The van der Waals surface area contributed by atoms with Gasteiger partial charge in [0.05, 0.1) is 0 Å². The van der Waals surface area contributed by atoms with Crippen LogP contribution in [-0.4, -0.2) is 12.6 Å². The Balaban J connectivity index is 2.29. The van der Waals surface area contributed by atoms with Crippen molar-refractivity contribution in [3.8, 4) is 0 Å². The Kier molecular flexibility index (Phi) is 5.24. The van der Waals surface area contributed by atoms with Gasteiger partial charge in [0.15, 0.2) is 0 Å². The van der Waals surface area contributed by atoms with Crippen LogP contribution < -0.4 is 5.32 Å². The summed E-state index contributed by atoms with van der Waals surface area (Å²) in [6, 6.07) is 0.747. The molecule has 1 aliphatic rings. The van der Waals surface area contributed by atoms with Crippen LogP contribution in [0.1, 0.15) is 46.0 Å². The van der Waals surface area contributed by atoms with E-state index in [4.69, 9.17) is 0 Å². The molecule has 1 nitrogen and oxygen atoms in total. The van der Waals surface area contributed by atoms with Gasteiger partial charge in [-0.25, -0.2) is 0 Å². The zero-order valence-corrected chi connectivity index (χ0v) is 9.76. The second-order valence-electron chi connectivity index (χ2n) is 4.91. The third kappa shape index (κ3) is 3.83. The highest BCUT2D eigenvalue weighted by Crippen LogP contribution is 2.28. The van der Waals surface area contributed by atoms with Gasteiger partial charge in [-0.3, -0.25) is 0 Å². The molecule has 1 N–H and O–H groups in total. The molecule has 2 unspecified atom stereocenters. The maximum absolute atomic E-state index is 3.75. The lowest BCUT2D eigenvalue weighted by Gasteiger charge is -2.18. The fraction of sp³-hybridized carbons (Fsp3) is 0.846. The molecule has 0 spiro atoms. The van der Waals surface area contributed by atoms with Gasteiger partial charge in [0.2, 0.25) is 0 Å². The van der Waals surface area contributed by atoms with E-state index in [1.165, 1.54) is 32.1 Å². The lowest BCUT2D eigenvalue weighted by atomic mass is 9.89. The van der Waals surface area contributed by atoms with Crippen molar-refractivity contribution in [3.05, 3.63) is 12.7 Å². The van der Waals surface area contributed by atoms with Crippen molar-refractivity contribution in [3.63, 3.8) is 0 Å². The smallest absolute Gasteiger partial charge is 0.0134 e. The van der Waals surface area contributed by atoms with Crippen LogP contribution >= 0.6 is 0 Å². The summed E-state index contributed by atoms with van der Waals surface area (Å²) in [4.78, 5) is 0. The summed E-state index contributed by atoms with van der Waals surface area (Å²) in [5, 5.41) is 3.55. The number of hydrogen-bond donors (Lipinski definition) is 1. The molecule has 2 atom stereocenters. The largest absolute Gasteiger partial charge is 0.311 e. The average Bonchev–Trinajstić information content (AvgIpc) is 2.39. The molecule has 0 bridgehead atoms. The van der Waals surface area contributed by atoms with Crippen molar-refractivity contribution in [2.24, 2.45) is 11.8 Å². The summed E-state index contributed by atoms with van der Waals surface area (Å²) < 4.78 is 0. The SMILES string of the molecule is C=CCNC1CCCC(C(C)C)CC1. The van der Waals surface area contributed by atoms with Gasteiger partial charge in [0, 0.05) is 12.6 Å². The van der Waals surface area contributed by atoms with Gasteiger partial charge in [0.1, 0.15) is 0 Å². The standard InChI is InChI=1S/C13H25N/c1-4-10-14-13-7-5-6-12(8-9-13)11(2)3/h4,11-14H,1,5-10H2,2-3H3. The molecule has 0 aromatic rings. The van der Waals surface area contributed by atoms with Gasteiger partial charge in [-0.05, 0) is 31.1 Å². The predicted molar refractivity (Wildman–Crippen MR) is 63.4 cm³/mol. The van der Waals surface area contributed by atoms with E-state index in [2.05, 4.69) is 25.7 Å².